The van der Waals surface area contributed by atoms with Gasteiger partial charge in [0.15, 0.2) is 5.82 Å². The maximum Gasteiger partial charge on any atom is 0.203 e. The summed E-state index contributed by atoms with van der Waals surface area (Å²) in [4.78, 5) is 9.92. The molecule has 1 unspecified atom stereocenters. The van der Waals surface area contributed by atoms with Crippen LogP contribution in [0, 0.1) is 13.8 Å². The lowest BCUT2D eigenvalue weighted by Gasteiger charge is -2.12. The molecular weight excluding hydrogens is 260 g/mol. The minimum atomic E-state index is 0.0920. The van der Waals surface area contributed by atoms with Gasteiger partial charge >= 0.3 is 0 Å². The van der Waals surface area contributed by atoms with E-state index < -0.39 is 0 Å². The summed E-state index contributed by atoms with van der Waals surface area (Å²) in [6.07, 6.45) is 5.48. The molecule has 0 fully saturated rings. The maximum atomic E-state index is 4.38. The summed E-state index contributed by atoms with van der Waals surface area (Å²) in [5.74, 6) is 1.57. The molecule has 3 aromatic rings. The standard InChI is InChI=1S/C12H14N6S/c1-7-6-14-12(19-7)8(2)15-10-11-17-16-9(3)18(11)5-4-13-10/h4-6,8H,1-3H3,(H,13,15). The molecule has 3 aromatic heterocycles. The van der Waals surface area contributed by atoms with E-state index in [-0.39, 0.29) is 6.04 Å². The number of rotatable bonds is 3. The van der Waals surface area contributed by atoms with Crippen molar-refractivity contribution < 1.29 is 0 Å². The van der Waals surface area contributed by atoms with Crippen molar-refractivity contribution in [2.75, 3.05) is 5.32 Å². The van der Waals surface area contributed by atoms with Crippen LogP contribution in [-0.4, -0.2) is 24.6 Å². The van der Waals surface area contributed by atoms with Crippen LogP contribution in [0.1, 0.15) is 28.7 Å². The number of hydrogen-bond donors (Lipinski definition) is 1. The fourth-order valence-corrected chi connectivity index (χ4v) is 2.66. The highest BCUT2D eigenvalue weighted by Gasteiger charge is 2.13. The quantitative estimate of drug-likeness (QED) is 0.794. The first kappa shape index (κ1) is 12.0. The summed E-state index contributed by atoms with van der Waals surface area (Å²) in [6.45, 7) is 6.03. The molecule has 1 N–H and O–H groups in total. The number of nitrogens with zero attached hydrogens (tertiary/aromatic N) is 5. The molecule has 0 aromatic carbocycles. The van der Waals surface area contributed by atoms with Gasteiger partial charge in [0, 0.05) is 23.5 Å². The van der Waals surface area contributed by atoms with Crippen LogP contribution in [0.15, 0.2) is 18.6 Å². The van der Waals surface area contributed by atoms with Gasteiger partial charge in [-0.1, -0.05) is 0 Å². The lowest BCUT2D eigenvalue weighted by molar-refractivity contribution is 0.858. The van der Waals surface area contributed by atoms with Crippen LogP contribution >= 0.6 is 11.3 Å². The van der Waals surface area contributed by atoms with Crippen LogP contribution in [0.4, 0.5) is 5.82 Å². The van der Waals surface area contributed by atoms with Crippen LogP contribution < -0.4 is 5.32 Å². The monoisotopic (exact) mass is 274 g/mol. The molecule has 0 aliphatic carbocycles. The second-order valence-electron chi connectivity index (χ2n) is 4.39. The Morgan fingerprint density at radius 3 is 2.84 bits per heavy atom. The van der Waals surface area contributed by atoms with Crippen molar-refractivity contribution in [3.63, 3.8) is 0 Å². The van der Waals surface area contributed by atoms with E-state index in [4.69, 9.17) is 0 Å². The van der Waals surface area contributed by atoms with E-state index >= 15 is 0 Å². The van der Waals surface area contributed by atoms with Gasteiger partial charge in [0.25, 0.3) is 0 Å². The van der Waals surface area contributed by atoms with Crippen LogP contribution in [0.3, 0.4) is 0 Å². The SMILES string of the molecule is Cc1cnc(C(C)Nc2nccn3c(C)nnc23)s1. The molecule has 3 rings (SSSR count). The summed E-state index contributed by atoms with van der Waals surface area (Å²) < 4.78 is 1.91. The average molecular weight is 274 g/mol. The molecule has 0 amide bonds. The van der Waals surface area contributed by atoms with Gasteiger partial charge in [0.05, 0.1) is 6.04 Å². The summed E-state index contributed by atoms with van der Waals surface area (Å²) in [5, 5.41) is 12.6. The smallest absolute Gasteiger partial charge is 0.203 e. The molecule has 0 bridgehead atoms. The van der Waals surface area contributed by atoms with E-state index in [0.29, 0.717) is 0 Å². The van der Waals surface area contributed by atoms with E-state index in [1.54, 1.807) is 17.5 Å². The minimum Gasteiger partial charge on any atom is -0.358 e. The van der Waals surface area contributed by atoms with Gasteiger partial charge in [-0.2, -0.15) is 0 Å². The van der Waals surface area contributed by atoms with E-state index in [2.05, 4.69) is 39.3 Å². The van der Waals surface area contributed by atoms with E-state index in [0.717, 1.165) is 22.3 Å². The summed E-state index contributed by atoms with van der Waals surface area (Å²) >= 11 is 1.68. The highest BCUT2D eigenvalue weighted by atomic mass is 32.1. The number of aromatic nitrogens is 5. The minimum absolute atomic E-state index is 0.0920. The molecular formula is C12H14N6S. The molecule has 6 nitrogen and oxygen atoms in total. The van der Waals surface area contributed by atoms with Gasteiger partial charge < -0.3 is 5.32 Å². The number of aryl methyl sites for hydroxylation is 2. The average Bonchev–Trinajstić information content (AvgIpc) is 2.98. The molecule has 1 atom stereocenters. The number of anilines is 1. The number of fused-ring (bicyclic) bond motifs is 1. The Hall–Kier alpha value is -2.02. The largest absolute Gasteiger partial charge is 0.358 e. The second kappa shape index (κ2) is 4.58. The Labute approximate surface area is 114 Å². The van der Waals surface area contributed by atoms with Gasteiger partial charge in [-0.15, -0.1) is 21.5 Å². The van der Waals surface area contributed by atoms with Crippen molar-refractivity contribution in [3.8, 4) is 0 Å². The molecule has 0 radical (unpaired) electrons. The third-order valence-corrected chi connectivity index (χ3v) is 3.96. The van der Waals surface area contributed by atoms with E-state index in [1.807, 2.05) is 23.7 Å². The Kier molecular flexibility index (Phi) is 2.90. The third-order valence-electron chi connectivity index (χ3n) is 2.86. The highest BCUT2D eigenvalue weighted by molar-refractivity contribution is 7.11. The van der Waals surface area contributed by atoms with Gasteiger partial charge in [-0.25, -0.2) is 9.97 Å². The number of thiazole rings is 1. The van der Waals surface area contributed by atoms with Gasteiger partial charge in [-0.3, -0.25) is 4.40 Å². The molecule has 0 saturated heterocycles. The molecule has 0 saturated carbocycles. The number of hydrogen-bond acceptors (Lipinski definition) is 6. The van der Waals surface area contributed by atoms with Crippen molar-refractivity contribution >= 4 is 22.8 Å². The van der Waals surface area contributed by atoms with Crippen molar-refractivity contribution in [3.05, 3.63) is 34.3 Å². The normalized spacial score (nSPS) is 12.8. The molecule has 0 spiro atoms. The van der Waals surface area contributed by atoms with Crippen molar-refractivity contribution in [2.24, 2.45) is 0 Å². The van der Waals surface area contributed by atoms with Crippen LogP contribution in [0.2, 0.25) is 0 Å². The zero-order valence-corrected chi connectivity index (χ0v) is 11.8. The molecule has 3 heterocycles. The molecule has 98 valence electrons. The maximum absolute atomic E-state index is 4.38. The van der Waals surface area contributed by atoms with Gasteiger partial charge in [-0.05, 0) is 20.8 Å². The second-order valence-corrected chi connectivity index (χ2v) is 5.66. The zero-order chi connectivity index (χ0) is 13.4. The molecule has 0 aliphatic heterocycles. The molecule has 0 aliphatic rings. The predicted octanol–water partition coefficient (Wildman–Crippen LogP) is 2.37. The topological polar surface area (TPSA) is 68.0 Å². The summed E-state index contributed by atoms with van der Waals surface area (Å²) in [7, 11) is 0. The predicted molar refractivity (Wildman–Crippen MR) is 74.4 cm³/mol. The van der Waals surface area contributed by atoms with Crippen LogP contribution in [-0.2, 0) is 0 Å². The number of nitrogens with one attached hydrogen (secondary N) is 1. The van der Waals surface area contributed by atoms with Gasteiger partial charge in [0.1, 0.15) is 10.8 Å². The Morgan fingerprint density at radius 1 is 1.26 bits per heavy atom. The first-order valence-corrected chi connectivity index (χ1v) is 6.82. The van der Waals surface area contributed by atoms with Crippen molar-refractivity contribution in [1.82, 2.24) is 24.6 Å². The van der Waals surface area contributed by atoms with Gasteiger partial charge in [0.2, 0.25) is 5.65 Å². The van der Waals surface area contributed by atoms with Crippen molar-refractivity contribution in [1.29, 1.82) is 0 Å². The van der Waals surface area contributed by atoms with Crippen LogP contribution in [0.25, 0.3) is 5.65 Å². The summed E-state index contributed by atoms with van der Waals surface area (Å²) in [6, 6.07) is 0.0920. The van der Waals surface area contributed by atoms with E-state index in [9.17, 15) is 0 Å². The lowest BCUT2D eigenvalue weighted by Crippen LogP contribution is -2.09. The first-order valence-electron chi connectivity index (χ1n) is 6.00. The molecule has 19 heavy (non-hydrogen) atoms. The fourth-order valence-electron chi connectivity index (χ4n) is 1.88. The Bertz CT molecular complexity index is 716. The fraction of sp³-hybridized carbons (Fsp3) is 0.333. The zero-order valence-electron chi connectivity index (χ0n) is 11.0. The van der Waals surface area contributed by atoms with Crippen molar-refractivity contribution in [2.45, 2.75) is 26.8 Å². The van der Waals surface area contributed by atoms with E-state index in [1.165, 1.54) is 4.88 Å². The Balaban J connectivity index is 1.93. The summed E-state index contributed by atoms with van der Waals surface area (Å²) in [5.41, 5.74) is 0.736. The lowest BCUT2D eigenvalue weighted by atomic mass is 10.3. The highest BCUT2D eigenvalue weighted by Crippen LogP contribution is 2.23. The van der Waals surface area contributed by atoms with Crippen LogP contribution in [0.5, 0.6) is 0 Å². The molecule has 7 heteroatoms. The third kappa shape index (κ3) is 2.17. The Morgan fingerprint density at radius 2 is 2.11 bits per heavy atom. The first-order chi connectivity index (χ1) is 9.15.